The third-order valence-electron chi connectivity index (χ3n) is 4.58. The highest BCUT2D eigenvalue weighted by molar-refractivity contribution is 7.89. The molecule has 2 aromatic rings. The van der Waals surface area contributed by atoms with Gasteiger partial charge in [0.15, 0.2) is 5.78 Å². The summed E-state index contributed by atoms with van der Waals surface area (Å²) in [6.45, 7) is 3.82. The van der Waals surface area contributed by atoms with Crippen molar-refractivity contribution in [1.82, 2.24) is 4.72 Å². The van der Waals surface area contributed by atoms with E-state index in [1.165, 1.54) is 25.3 Å². The fourth-order valence-corrected chi connectivity index (χ4v) is 5.20. The van der Waals surface area contributed by atoms with E-state index in [-0.39, 0.29) is 41.2 Å². The van der Waals surface area contributed by atoms with Crippen LogP contribution in [0.2, 0.25) is 0 Å². The average Bonchev–Trinajstić information content (AvgIpc) is 3.40. The van der Waals surface area contributed by atoms with Gasteiger partial charge in [-0.1, -0.05) is 0 Å². The second-order valence-corrected chi connectivity index (χ2v) is 10.2. The zero-order chi connectivity index (χ0) is 21.2. The van der Waals surface area contributed by atoms with Gasteiger partial charge in [-0.3, -0.25) is 9.59 Å². The van der Waals surface area contributed by atoms with Crippen LogP contribution in [0.3, 0.4) is 0 Å². The smallest absolute Gasteiger partial charge is 0.240 e. The number of hydrogen-bond acceptors (Lipinski definition) is 6. The summed E-state index contributed by atoms with van der Waals surface area (Å²) in [5.41, 5.74) is 0.906. The summed E-state index contributed by atoms with van der Waals surface area (Å²) in [5.74, 6) is -0.121. The van der Waals surface area contributed by atoms with Gasteiger partial charge in [-0.05, 0) is 51.0 Å². The molecule has 0 saturated heterocycles. The third-order valence-corrected chi connectivity index (χ3v) is 7.06. The van der Waals surface area contributed by atoms with Crippen LogP contribution in [0.1, 0.15) is 45.8 Å². The summed E-state index contributed by atoms with van der Waals surface area (Å²) in [7, 11) is -2.22. The summed E-state index contributed by atoms with van der Waals surface area (Å²) in [4.78, 5) is 26.8. The molecule has 0 radical (unpaired) electrons. The van der Waals surface area contributed by atoms with Gasteiger partial charge in [0.25, 0.3) is 0 Å². The molecule has 1 aliphatic rings. The molecule has 1 amide bonds. The van der Waals surface area contributed by atoms with Crippen molar-refractivity contribution in [2.75, 3.05) is 12.4 Å². The van der Waals surface area contributed by atoms with Crippen molar-refractivity contribution in [3.05, 3.63) is 39.6 Å². The molecule has 2 N–H and O–H groups in total. The number of carbonyl (C=O) groups excluding carboxylic acids is 2. The van der Waals surface area contributed by atoms with E-state index in [0.29, 0.717) is 11.3 Å². The van der Waals surface area contributed by atoms with E-state index in [1.54, 1.807) is 11.3 Å². The molecule has 0 unspecified atom stereocenters. The highest BCUT2D eigenvalue weighted by Gasteiger charge is 2.28. The molecule has 29 heavy (non-hydrogen) atoms. The number of sulfonamides is 1. The van der Waals surface area contributed by atoms with Gasteiger partial charge in [-0.2, -0.15) is 0 Å². The molecule has 156 valence electrons. The topological polar surface area (TPSA) is 102 Å². The Bertz CT molecular complexity index is 1040. The van der Waals surface area contributed by atoms with Gasteiger partial charge in [0.05, 0.1) is 17.7 Å². The van der Waals surface area contributed by atoms with Gasteiger partial charge < -0.3 is 10.1 Å². The molecule has 0 atom stereocenters. The zero-order valence-corrected chi connectivity index (χ0v) is 18.2. The number of amides is 1. The number of carbonyl (C=O) groups is 2. The molecule has 1 heterocycles. The maximum absolute atomic E-state index is 12.4. The summed E-state index contributed by atoms with van der Waals surface area (Å²) in [6, 6.07) is 6.12. The monoisotopic (exact) mass is 436 g/mol. The standard InChI is InChI=1S/C20H24N2O5S2/c1-12-10-16(13(2)28-12)18(23)7-9-20(24)21-17-11-15(6-8-19(17)27-3)29(25,26)22-14-4-5-14/h6,8,10-11,14,22H,4-5,7,9H2,1-3H3,(H,21,24). The van der Waals surface area contributed by atoms with Crippen molar-refractivity contribution in [3.63, 3.8) is 0 Å². The minimum Gasteiger partial charge on any atom is -0.495 e. The molecule has 0 bridgehead atoms. The van der Waals surface area contributed by atoms with Crippen molar-refractivity contribution in [2.24, 2.45) is 0 Å². The Morgan fingerprint density at radius 3 is 2.48 bits per heavy atom. The first-order valence-corrected chi connectivity index (χ1v) is 11.6. The highest BCUT2D eigenvalue weighted by atomic mass is 32.2. The molecule has 9 heteroatoms. The fraction of sp³-hybridized carbons (Fsp3) is 0.400. The molecular weight excluding hydrogens is 412 g/mol. The Labute approximate surface area is 174 Å². The first-order chi connectivity index (χ1) is 13.7. The van der Waals surface area contributed by atoms with Crippen molar-refractivity contribution >= 4 is 38.7 Å². The normalized spacial score (nSPS) is 13.9. The first kappa shape index (κ1) is 21.5. The van der Waals surface area contributed by atoms with Gasteiger partial charge in [0.2, 0.25) is 15.9 Å². The van der Waals surface area contributed by atoms with Crippen molar-refractivity contribution in [3.8, 4) is 5.75 Å². The van der Waals surface area contributed by atoms with E-state index in [9.17, 15) is 18.0 Å². The number of Topliss-reactive ketones (excluding diaryl/α,β-unsaturated/α-hetero) is 1. The molecule has 1 aromatic heterocycles. The van der Waals surface area contributed by atoms with E-state index in [0.717, 1.165) is 22.6 Å². The predicted octanol–water partition coefficient (Wildman–Crippen LogP) is 3.42. The van der Waals surface area contributed by atoms with Crippen molar-refractivity contribution in [2.45, 2.75) is 50.5 Å². The number of thiophene rings is 1. The number of aryl methyl sites for hydroxylation is 2. The zero-order valence-electron chi connectivity index (χ0n) is 16.6. The SMILES string of the molecule is COc1ccc(S(=O)(=O)NC2CC2)cc1NC(=O)CCC(=O)c1cc(C)sc1C. The van der Waals surface area contributed by atoms with E-state index in [4.69, 9.17) is 4.74 Å². The summed E-state index contributed by atoms with van der Waals surface area (Å²) in [6.07, 6.45) is 1.73. The Morgan fingerprint density at radius 2 is 1.90 bits per heavy atom. The Hall–Kier alpha value is -2.23. The Kier molecular flexibility index (Phi) is 6.40. The number of ether oxygens (including phenoxy) is 1. The molecule has 7 nitrogen and oxygen atoms in total. The number of ketones is 1. The van der Waals surface area contributed by atoms with Crippen molar-refractivity contribution < 1.29 is 22.7 Å². The van der Waals surface area contributed by atoms with Gasteiger partial charge in [0.1, 0.15) is 5.75 Å². The van der Waals surface area contributed by atoms with Crippen LogP contribution in [0.5, 0.6) is 5.75 Å². The summed E-state index contributed by atoms with van der Waals surface area (Å²) >= 11 is 1.55. The molecular formula is C20H24N2O5S2. The third kappa shape index (κ3) is 5.43. The molecule has 1 fully saturated rings. The highest BCUT2D eigenvalue weighted by Crippen LogP contribution is 2.29. The van der Waals surface area contributed by atoms with Gasteiger partial charge in [0, 0.05) is 34.2 Å². The van der Waals surface area contributed by atoms with E-state index >= 15 is 0 Å². The van der Waals surface area contributed by atoms with Crippen LogP contribution in [-0.4, -0.2) is 33.3 Å². The maximum Gasteiger partial charge on any atom is 0.240 e. The van der Waals surface area contributed by atoms with Crippen molar-refractivity contribution in [1.29, 1.82) is 0 Å². The average molecular weight is 437 g/mol. The van der Waals surface area contributed by atoms with Crippen LogP contribution >= 0.6 is 11.3 Å². The van der Waals surface area contributed by atoms with Crippen LogP contribution in [0.4, 0.5) is 5.69 Å². The van der Waals surface area contributed by atoms with Gasteiger partial charge in [-0.25, -0.2) is 13.1 Å². The summed E-state index contributed by atoms with van der Waals surface area (Å²) in [5, 5.41) is 2.66. The molecule has 0 spiro atoms. The fourth-order valence-electron chi connectivity index (χ4n) is 2.92. The number of nitrogens with one attached hydrogen (secondary N) is 2. The van der Waals surface area contributed by atoms with Gasteiger partial charge >= 0.3 is 0 Å². The lowest BCUT2D eigenvalue weighted by molar-refractivity contribution is -0.116. The quantitative estimate of drug-likeness (QED) is 0.587. The van der Waals surface area contributed by atoms with E-state index in [2.05, 4.69) is 10.0 Å². The van der Waals surface area contributed by atoms with E-state index in [1.807, 2.05) is 19.9 Å². The largest absolute Gasteiger partial charge is 0.495 e. The lowest BCUT2D eigenvalue weighted by atomic mass is 10.1. The number of hydrogen-bond donors (Lipinski definition) is 2. The van der Waals surface area contributed by atoms with Gasteiger partial charge in [-0.15, -0.1) is 11.3 Å². The minimum atomic E-state index is -3.65. The van der Waals surface area contributed by atoms with Crippen LogP contribution in [-0.2, 0) is 14.8 Å². The number of rotatable bonds is 9. The van der Waals surface area contributed by atoms with Crippen LogP contribution in [0.25, 0.3) is 0 Å². The van der Waals surface area contributed by atoms with Crippen LogP contribution in [0, 0.1) is 13.8 Å². The molecule has 1 saturated carbocycles. The molecule has 0 aliphatic heterocycles. The first-order valence-electron chi connectivity index (χ1n) is 9.30. The lowest BCUT2D eigenvalue weighted by Crippen LogP contribution is -2.26. The summed E-state index contributed by atoms with van der Waals surface area (Å²) < 4.78 is 32.7. The molecule has 1 aromatic carbocycles. The van der Waals surface area contributed by atoms with E-state index < -0.39 is 10.0 Å². The molecule has 1 aliphatic carbocycles. The predicted molar refractivity (Wildman–Crippen MR) is 112 cm³/mol. The Balaban J connectivity index is 1.67. The second kappa shape index (κ2) is 8.64. The minimum absolute atomic E-state index is 0.00633. The maximum atomic E-state index is 12.4. The van der Waals surface area contributed by atoms with Crippen LogP contribution in [0.15, 0.2) is 29.2 Å². The van der Waals surface area contributed by atoms with Crippen LogP contribution < -0.4 is 14.8 Å². The lowest BCUT2D eigenvalue weighted by Gasteiger charge is -2.13. The number of benzene rings is 1. The Morgan fingerprint density at radius 1 is 1.17 bits per heavy atom. The number of methoxy groups -OCH3 is 1. The number of anilines is 1. The second-order valence-electron chi connectivity index (χ2n) is 7.06. The molecule has 3 rings (SSSR count).